The minimum atomic E-state index is 0.260. The van der Waals surface area contributed by atoms with Crippen LogP contribution in [0.15, 0.2) is 30.3 Å². The molecule has 4 nitrogen and oxygen atoms in total. The molecule has 0 radical (unpaired) electrons. The molecule has 0 aliphatic heterocycles. The smallest absolute Gasteiger partial charge is 0.168 e. The lowest BCUT2D eigenvalue weighted by atomic mass is 10.0. The van der Waals surface area contributed by atoms with Crippen LogP contribution in [0.3, 0.4) is 0 Å². The molecule has 0 amide bonds. The molecule has 0 aromatic heterocycles. The lowest BCUT2D eigenvalue weighted by molar-refractivity contribution is -0.117. The Morgan fingerprint density at radius 3 is 2.48 bits per heavy atom. The summed E-state index contributed by atoms with van der Waals surface area (Å²) in [7, 11) is 3.32. The van der Waals surface area contributed by atoms with Gasteiger partial charge in [-0.3, -0.25) is 0 Å². The number of ether oxygens (including phenoxy) is 2. The van der Waals surface area contributed by atoms with Crippen molar-refractivity contribution in [1.29, 1.82) is 0 Å². The lowest BCUT2D eigenvalue weighted by Gasteiger charge is -2.15. The monoisotopic (exact) mass is 315 g/mol. The minimum absolute atomic E-state index is 0.260. The van der Waals surface area contributed by atoms with E-state index in [9.17, 15) is 4.79 Å². The molecule has 0 aliphatic carbocycles. The molecular weight excluding hydrogens is 290 g/mol. The van der Waals surface area contributed by atoms with Gasteiger partial charge in [-0.25, -0.2) is 0 Å². The molecule has 0 bridgehead atoms. The topological polar surface area (TPSA) is 47.6 Å². The highest BCUT2D eigenvalue weighted by atomic mass is 16.5. The number of fused-ring (bicyclic) bond motifs is 1. The number of carbonyl (C=O) groups is 1. The molecule has 0 fully saturated rings. The molecule has 2 aromatic rings. The number of ketones is 1. The maximum atomic E-state index is 10.9. The molecule has 124 valence electrons. The van der Waals surface area contributed by atoms with E-state index in [1.54, 1.807) is 21.1 Å². The van der Waals surface area contributed by atoms with E-state index in [0.717, 1.165) is 42.8 Å². The van der Waals surface area contributed by atoms with Gasteiger partial charge >= 0.3 is 0 Å². The van der Waals surface area contributed by atoms with Crippen molar-refractivity contribution in [3.8, 4) is 11.5 Å². The zero-order valence-corrected chi connectivity index (χ0v) is 14.1. The first kappa shape index (κ1) is 17.3. The predicted molar refractivity (Wildman–Crippen MR) is 93.3 cm³/mol. The summed E-state index contributed by atoms with van der Waals surface area (Å²) >= 11 is 0. The number of benzene rings is 2. The molecule has 0 spiro atoms. The van der Waals surface area contributed by atoms with Crippen LogP contribution in [-0.2, 0) is 11.3 Å². The second-order valence-electron chi connectivity index (χ2n) is 5.65. The number of nitrogens with one attached hydrogen (secondary N) is 1. The van der Waals surface area contributed by atoms with Gasteiger partial charge in [0.05, 0.1) is 14.2 Å². The van der Waals surface area contributed by atoms with Crippen molar-refractivity contribution in [2.45, 2.75) is 32.7 Å². The van der Waals surface area contributed by atoms with Crippen LogP contribution in [0.2, 0.25) is 0 Å². The third-order valence-corrected chi connectivity index (χ3v) is 3.92. The highest BCUT2D eigenvalue weighted by Crippen LogP contribution is 2.37. The maximum Gasteiger partial charge on any atom is 0.168 e. The Kier molecular flexibility index (Phi) is 6.41. The first-order valence-electron chi connectivity index (χ1n) is 8.00. The molecule has 1 N–H and O–H groups in total. The summed E-state index contributed by atoms with van der Waals surface area (Å²) in [5.74, 6) is 1.78. The van der Waals surface area contributed by atoms with Gasteiger partial charge in [0, 0.05) is 18.4 Å². The number of carbonyl (C=O) groups excluding carboxylic acids is 1. The van der Waals surface area contributed by atoms with Gasteiger partial charge in [-0.1, -0.05) is 24.3 Å². The second kappa shape index (κ2) is 8.53. The molecular formula is C19H25NO3. The number of rotatable bonds is 9. The van der Waals surface area contributed by atoms with Crippen LogP contribution in [0.4, 0.5) is 0 Å². The van der Waals surface area contributed by atoms with Crippen molar-refractivity contribution in [3.63, 3.8) is 0 Å². The highest BCUT2D eigenvalue weighted by Gasteiger charge is 2.12. The van der Waals surface area contributed by atoms with Crippen molar-refractivity contribution in [1.82, 2.24) is 5.32 Å². The molecule has 0 atom stereocenters. The molecule has 4 heteroatoms. The van der Waals surface area contributed by atoms with Crippen LogP contribution in [0.25, 0.3) is 10.8 Å². The summed E-state index contributed by atoms with van der Waals surface area (Å²) in [6, 6.07) is 10.2. The van der Waals surface area contributed by atoms with Crippen LogP contribution in [0.1, 0.15) is 31.7 Å². The van der Waals surface area contributed by atoms with Crippen molar-refractivity contribution < 1.29 is 14.3 Å². The fourth-order valence-electron chi connectivity index (χ4n) is 2.75. The van der Waals surface area contributed by atoms with Gasteiger partial charge in [0.1, 0.15) is 5.78 Å². The van der Waals surface area contributed by atoms with Gasteiger partial charge < -0.3 is 19.6 Å². The molecule has 2 aromatic carbocycles. The summed E-state index contributed by atoms with van der Waals surface area (Å²) in [6.45, 7) is 3.31. The van der Waals surface area contributed by atoms with Gasteiger partial charge in [0.2, 0.25) is 0 Å². The fraction of sp³-hybridized carbons (Fsp3) is 0.421. The van der Waals surface area contributed by atoms with E-state index in [1.165, 1.54) is 10.9 Å². The van der Waals surface area contributed by atoms with Crippen LogP contribution in [-0.4, -0.2) is 26.5 Å². The fourth-order valence-corrected chi connectivity index (χ4v) is 2.75. The second-order valence-corrected chi connectivity index (χ2v) is 5.65. The van der Waals surface area contributed by atoms with Crippen LogP contribution in [0.5, 0.6) is 11.5 Å². The Balaban J connectivity index is 2.09. The van der Waals surface area contributed by atoms with E-state index in [0.29, 0.717) is 6.42 Å². The van der Waals surface area contributed by atoms with Gasteiger partial charge in [0.25, 0.3) is 0 Å². The minimum Gasteiger partial charge on any atom is -0.493 e. The number of unbranched alkanes of at least 4 members (excludes halogenated alkanes) is 1. The number of methoxy groups -OCH3 is 2. The molecule has 2 rings (SSSR count). The van der Waals surface area contributed by atoms with E-state index in [4.69, 9.17) is 9.47 Å². The van der Waals surface area contributed by atoms with E-state index in [1.807, 2.05) is 24.3 Å². The van der Waals surface area contributed by atoms with Crippen molar-refractivity contribution >= 4 is 16.6 Å². The summed E-state index contributed by atoms with van der Waals surface area (Å²) in [5, 5.41) is 5.67. The third kappa shape index (κ3) is 4.45. The van der Waals surface area contributed by atoms with Gasteiger partial charge in [0.15, 0.2) is 11.5 Å². The Morgan fingerprint density at radius 1 is 1.09 bits per heavy atom. The Morgan fingerprint density at radius 2 is 1.83 bits per heavy atom. The first-order chi connectivity index (χ1) is 11.2. The summed E-state index contributed by atoms with van der Waals surface area (Å²) < 4.78 is 11.0. The van der Waals surface area contributed by atoms with E-state index < -0.39 is 0 Å². The average molecular weight is 315 g/mol. The summed E-state index contributed by atoms with van der Waals surface area (Å²) in [5.41, 5.74) is 1.19. The maximum absolute atomic E-state index is 10.9. The Labute approximate surface area is 137 Å². The van der Waals surface area contributed by atoms with E-state index >= 15 is 0 Å². The zero-order valence-electron chi connectivity index (χ0n) is 14.1. The van der Waals surface area contributed by atoms with Gasteiger partial charge in [-0.15, -0.1) is 0 Å². The molecule has 0 heterocycles. The van der Waals surface area contributed by atoms with Crippen molar-refractivity contribution in [2.75, 3.05) is 20.8 Å². The molecule has 0 aliphatic rings. The normalized spacial score (nSPS) is 10.7. The van der Waals surface area contributed by atoms with Gasteiger partial charge in [-0.2, -0.15) is 0 Å². The summed E-state index contributed by atoms with van der Waals surface area (Å²) in [6.07, 6.45) is 2.61. The first-order valence-corrected chi connectivity index (χ1v) is 8.00. The van der Waals surface area contributed by atoms with E-state index in [2.05, 4.69) is 11.4 Å². The Hall–Kier alpha value is -2.07. The largest absolute Gasteiger partial charge is 0.493 e. The average Bonchev–Trinajstić information content (AvgIpc) is 2.56. The van der Waals surface area contributed by atoms with Crippen LogP contribution < -0.4 is 14.8 Å². The molecule has 23 heavy (non-hydrogen) atoms. The quantitative estimate of drug-likeness (QED) is 0.717. The van der Waals surface area contributed by atoms with Gasteiger partial charge in [-0.05, 0) is 43.3 Å². The zero-order chi connectivity index (χ0) is 16.7. The number of hydrogen-bond donors (Lipinski definition) is 1. The predicted octanol–water partition coefficient (Wildman–Crippen LogP) is 3.71. The molecule has 0 saturated heterocycles. The number of Topliss-reactive ketones (excluding diaryl/α,β-unsaturated/α-hetero) is 1. The number of hydrogen-bond acceptors (Lipinski definition) is 4. The lowest BCUT2D eigenvalue weighted by Crippen LogP contribution is -2.15. The SMILES string of the molecule is COc1cc(CNCCCCC(C)=O)c2ccccc2c1OC. The standard InChI is InChI=1S/C19H25NO3/c1-14(21)8-6-7-11-20-13-15-12-18(22-2)19(23-3)17-10-5-4-9-16(15)17/h4-5,9-10,12,20H,6-8,11,13H2,1-3H3. The Bertz CT molecular complexity index is 667. The van der Waals surface area contributed by atoms with Crippen LogP contribution in [0, 0.1) is 0 Å². The van der Waals surface area contributed by atoms with Crippen molar-refractivity contribution in [2.24, 2.45) is 0 Å². The molecule has 0 unspecified atom stereocenters. The third-order valence-electron chi connectivity index (χ3n) is 3.92. The van der Waals surface area contributed by atoms with Crippen molar-refractivity contribution in [3.05, 3.63) is 35.9 Å². The van der Waals surface area contributed by atoms with Crippen LogP contribution >= 0.6 is 0 Å². The summed E-state index contributed by atoms with van der Waals surface area (Å²) in [4.78, 5) is 10.9. The highest BCUT2D eigenvalue weighted by molar-refractivity contribution is 5.93. The molecule has 0 saturated carbocycles. The van der Waals surface area contributed by atoms with E-state index in [-0.39, 0.29) is 5.78 Å².